The second-order valence-corrected chi connectivity index (χ2v) is 7.23. The fraction of sp³-hybridized carbons (Fsp3) is 0.0455. The van der Waals surface area contributed by atoms with E-state index in [0.717, 1.165) is 10.4 Å². The number of carbonyl (C=O) groups is 1. The van der Waals surface area contributed by atoms with E-state index >= 15 is 0 Å². The van der Waals surface area contributed by atoms with Crippen molar-refractivity contribution in [3.63, 3.8) is 0 Å². The van der Waals surface area contributed by atoms with Crippen LogP contribution in [0, 0.1) is 11.3 Å². The normalized spacial score (nSPS) is 10.5. The lowest BCUT2D eigenvalue weighted by Crippen LogP contribution is -2.03. The highest BCUT2D eigenvalue weighted by atomic mass is 32.1. The van der Waals surface area contributed by atoms with E-state index in [2.05, 4.69) is 11.1 Å². The number of aromatic nitrogens is 1. The third kappa shape index (κ3) is 3.74. The van der Waals surface area contributed by atoms with Crippen molar-refractivity contribution in [2.75, 3.05) is 0 Å². The molecule has 0 spiro atoms. The van der Waals surface area contributed by atoms with Crippen LogP contribution in [0.1, 0.15) is 21.5 Å². The number of pyridine rings is 1. The number of benzene rings is 1. The van der Waals surface area contributed by atoms with Crippen LogP contribution in [-0.2, 0) is 6.61 Å². The number of phenols is 1. The van der Waals surface area contributed by atoms with Gasteiger partial charge >= 0.3 is 5.97 Å². The predicted molar refractivity (Wildman–Crippen MR) is 109 cm³/mol. The fourth-order valence-electron chi connectivity index (χ4n) is 2.93. The van der Waals surface area contributed by atoms with Crippen LogP contribution in [0.15, 0.2) is 64.8 Å². The zero-order chi connectivity index (χ0) is 21.1. The number of ether oxygens (including phenoxy) is 1. The van der Waals surface area contributed by atoms with Gasteiger partial charge in [0.05, 0.1) is 23.1 Å². The third-order valence-electron chi connectivity index (χ3n) is 4.37. The first kappa shape index (κ1) is 19.2. The molecule has 148 valence electrons. The summed E-state index contributed by atoms with van der Waals surface area (Å²) in [6, 6.07) is 13.7. The summed E-state index contributed by atoms with van der Waals surface area (Å²) in [5, 5.41) is 30.6. The van der Waals surface area contributed by atoms with Crippen LogP contribution in [0.4, 0.5) is 0 Å². The zero-order valence-electron chi connectivity index (χ0n) is 15.4. The van der Waals surface area contributed by atoms with Crippen molar-refractivity contribution in [1.82, 2.24) is 4.98 Å². The number of nitrogens with zero attached hydrogens (tertiary/aromatic N) is 2. The van der Waals surface area contributed by atoms with Crippen LogP contribution in [0.25, 0.3) is 21.7 Å². The molecule has 3 heterocycles. The van der Waals surface area contributed by atoms with Crippen molar-refractivity contribution in [2.45, 2.75) is 6.61 Å². The number of carboxylic acids is 1. The molecule has 4 rings (SSSR count). The van der Waals surface area contributed by atoms with E-state index in [9.17, 15) is 15.2 Å². The van der Waals surface area contributed by atoms with Gasteiger partial charge in [0, 0.05) is 11.1 Å². The SMILES string of the molecule is N#Cc1c(-c2ccoc2)cc(-c2cccs2)nc1OCc1ccc(C(=O)O)c(O)c1. The predicted octanol–water partition coefficient (Wildman–Crippen LogP) is 4.92. The minimum absolute atomic E-state index is 0.00609. The van der Waals surface area contributed by atoms with Crippen LogP contribution in [0.5, 0.6) is 11.6 Å². The summed E-state index contributed by atoms with van der Waals surface area (Å²) < 4.78 is 11.0. The molecule has 0 saturated heterocycles. The Morgan fingerprint density at radius 3 is 2.77 bits per heavy atom. The van der Waals surface area contributed by atoms with Crippen LogP contribution >= 0.6 is 11.3 Å². The number of hydrogen-bond donors (Lipinski definition) is 2. The number of rotatable bonds is 6. The molecule has 0 aliphatic carbocycles. The summed E-state index contributed by atoms with van der Waals surface area (Å²) in [6.45, 7) is -0.00609. The van der Waals surface area contributed by atoms with Gasteiger partial charge < -0.3 is 19.4 Å². The Morgan fingerprint density at radius 2 is 2.13 bits per heavy atom. The van der Waals surface area contributed by atoms with E-state index < -0.39 is 5.97 Å². The molecule has 0 aliphatic heterocycles. The highest BCUT2D eigenvalue weighted by Crippen LogP contribution is 2.35. The summed E-state index contributed by atoms with van der Waals surface area (Å²) >= 11 is 1.51. The number of thiophene rings is 1. The molecule has 0 amide bonds. The molecule has 0 radical (unpaired) electrons. The Labute approximate surface area is 175 Å². The molecule has 0 saturated carbocycles. The van der Waals surface area contributed by atoms with Crippen molar-refractivity contribution < 1.29 is 24.2 Å². The van der Waals surface area contributed by atoms with Gasteiger partial charge in [0.15, 0.2) is 0 Å². The number of aromatic hydroxyl groups is 1. The van der Waals surface area contributed by atoms with E-state index in [0.29, 0.717) is 16.8 Å². The minimum atomic E-state index is -1.22. The van der Waals surface area contributed by atoms with Crippen LogP contribution in [0.3, 0.4) is 0 Å². The highest BCUT2D eigenvalue weighted by molar-refractivity contribution is 7.13. The Bertz CT molecular complexity index is 1240. The second kappa shape index (κ2) is 8.11. The van der Waals surface area contributed by atoms with E-state index in [4.69, 9.17) is 14.3 Å². The molecular weight excluding hydrogens is 404 g/mol. The van der Waals surface area contributed by atoms with Crippen molar-refractivity contribution >= 4 is 17.3 Å². The van der Waals surface area contributed by atoms with E-state index in [1.807, 2.05) is 23.6 Å². The average Bonchev–Trinajstić information content (AvgIpc) is 3.45. The quantitative estimate of drug-likeness (QED) is 0.456. The standard InChI is InChI=1S/C22H14N2O5S/c23-10-17-16(14-5-6-28-12-14)9-18(20-2-1-7-30-20)24-21(17)29-11-13-3-4-15(22(26)27)19(25)8-13/h1-9,12,25H,11H2,(H,26,27). The monoisotopic (exact) mass is 418 g/mol. The van der Waals surface area contributed by atoms with Crippen LogP contribution in [-0.4, -0.2) is 21.2 Å². The lowest BCUT2D eigenvalue weighted by molar-refractivity contribution is 0.0693. The molecular formula is C22H14N2O5S. The van der Waals surface area contributed by atoms with E-state index in [-0.39, 0.29) is 29.4 Å². The maximum Gasteiger partial charge on any atom is 0.339 e. The number of carboxylic acid groups (broad SMARTS) is 1. The molecule has 4 aromatic rings. The molecule has 0 unspecified atom stereocenters. The summed E-state index contributed by atoms with van der Waals surface area (Å²) in [7, 11) is 0. The molecule has 30 heavy (non-hydrogen) atoms. The molecule has 0 bridgehead atoms. The fourth-order valence-corrected chi connectivity index (χ4v) is 3.62. The smallest absolute Gasteiger partial charge is 0.339 e. The van der Waals surface area contributed by atoms with Crippen molar-refractivity contribution in [1.29, 1.82) is 5.26 Å². The van der Waals surface area contributed by atoms with Gasteiger partial charge in [0.2, 0.25) is 5.88 Å². The first-order valence-corrected chi connectivity index (χ1v) is 9.64. The minimum Gasteiger partial charge on any atom is -0.507 e. The molecule has 0 aliphatic rings. The highest BCUT2D eigenvalue weighted by Gasteiger charge is 2.18. The van der Waals surface area contributed by atoms with Gasteiger partial charge in [-0.2, -0.15) is 5.26 Å². The molecule has 8 heteroatoms. The van der Waals surface area contributed by atoms with Gasteiger partial charge in [0.1, 0.15) is 29.6 Å². The van der Waals surface area contributed by atoms with Crippen molar-refractivity contribution in [3.05, 3.63) is 77.1 Å². The molecule has 0 fully saturated rings. The van der Waals surface area contributed by atoms with Gasteiger partial charge in [-0.05, 0) is 41.3 Å². The largest absolute Gasteiger partial charge is 0.507 e. The van der Waals surface area contributed by atoms with Gasteiger partial charge in [0.25, 0.3) is 0 Å². The van der Waals surface area contributed by atoms with Crippen molar-refractivity contribution in [3.8, 4) is 39.4 Å². The van der Waals surface area contributed by atoms with Gasteiger partial charge in [-0.15, -0.1) is 11.3 Å². The molecule has 1 aromatic carbocycles. The first-order valence-electron chi connectivity index (χ1n) is 8.76. The average molecular weight is 418 g/mol. The van der Waals surface area contributed by atoms with Gasteiger partial charge in [-0.1, -0.05) is 12.1 Å². The Balaban J connectivity index is 1.72. The lowest BCUT2D eigenvalue weighted by Gasteiger charge is -2.12. The number of aromatic carboxylic acids is 1. The Hall–Kier alpha value is -4.09. The number of hydrogen-bond acceptors (Lipinski definition) is 7. The van der Waals surface area contributed by atoms with Gasteiger partial charge in [-0.25, -0.2) is 9.78 Å². The molecule has 7 nitrogen and oxygen atoms in total. The Kier molecular flexibility index (Phi) is 5.20. The number of furan rings is 1. The topological polar surface area (TPSA) is 117 Å². The first-order chi connectivity index (χ1) is 14.6. The van der Waals surface area contributed by atoms with Crippen molar-refractivity contribution in [2.24, 2.45) is 0 Å². The summed E-state index contributed by atoms with van der Waals surface area (Å²) in [4.78, 5) is 16.5. The second-order valence-electron chi connectivity index (χ2n) is 6.28. The van der Waals surface area contributed by atoms with Gasteiger partial charge in [-0.3, -0.25) is 0 Å². The number of nitriles is 1. The molecule has 3 aromatic heterocycles. The zero-order valence-corrected chi connectivity index (χ0v) is 16.2. The molecule has 2 N–H and O–H groups in total. The maximum absolute atomic E-state index is 11.1. The summed E-state index contributed by atoms with van der Waals surface area (Å²) in [6.07, 6.45) is 3.07. The lowest BCUT2D eigenvalue weighted by atomic mass is 10.0. The summed E-state index contributed by atoms with van der Waals surface area (Å²) in [5.74, 6) is -1.44. The maximum atomic E-state index is 11.1. The summed E-state index contributed by atoms with van der Waals surface area (Å²) in [5.41, 5.74) is 2.59. The van der Waals surface area contributed by atoms with Crippen LogP contribution < -0.4 is 4.74 Å². The molecule has 0 atom stereocenters. The Morgan fingerprint density at radius 1 is 1.27 bits per heavy atom. The van der Waals surface area contributed by atoms with E-state index in [1.165, 1.54) is 35.8 Å². The van der Waals surface area contributed by atoms with E-state index in [1.54, 1.807) is 12.3 Å². The van der Waals surface area contributed by atoms with Crippen LogP contribution in [0.2, 0.25) is 0 Å². The third-order valence-corrected chi connectivity index (χ3v) is 5.26.